The number of carbonyl (C=O) groups is 2. The second-order valence-corrected chi connectivity index (χ2v) is 9.54. The van der Waals surface area contributed by atoms with Crippen LogP contribution < -0.4 is 16.2 Å². The molecular weight excluding hydrogens is 448 g/mol. The zero-order valence-corrected chi connectivity index (χ0v) is 18.7. The fraction of sp³-hybridized carbons (Fsp3) is 0.565. The Balaban J connectivity index is 1.34. The Morgan fingerprint density at radius 2 is 1.85 bits per heavy atom. The first-order valence-corrected chi connectivity index (χ1v) is 11.7. The molecule has 2 amide bonds. The van der Waals surface area contributed by atoms with E-state index in [0.29, 0.717) is 11.8 Å². The molecule has 11 heteroatoms. The van der Waals surface area contributed by atoms with Crippen LogP contribution in [0.25, 0.3) is 0 Å². The number of anilines is 1. The van der Waals surface area contributed by atoms with Gasteiger partial charge >= 0.3 is 6.09 Å². The van der Waals surface area contributed by atoms with Crippen molar-refractivity contribution in [2.75, 3.05) is 5.32 Å². The van der Waals surface area contributed by atoms with Gasteiger partial charge in [0.15, 0.2) is 0 Å². The van der Waals surface area contributed by atoms with Crippen LogP contribution in [0.2, 0.25) is 0 Å². The molecule has 3 N–H and O–H groups in total. The first-order valence-electron chi connectivity index (χ1n) is 11.7. The van der Waals surface area contributed by atoms with Gasteiger partial charge in [-0.15, -0.1) is 0 Å². The van der Waals surface area contributed by atoms with Crippen LogP contribution in [0, 0.1) is 29.5 Å². The van der Waals surface area contributed by atoms with Crippen LogP contribution in [0.3, 0.4) is 0 Å². The van der Waals surface area contributed by atoms with Crippen molar-refractivity contribution in [3.05, 3.63) is 46.1 Å². The summed E-state index contributed by atoms with van der Waals surface area (Å²) in [4.78, 5) is 39.9. The Morgan fingerprint density at radius 3 is 2.47 bits per heavy atom. The number of amides is 2. The number of rotatable bonds is 9. The molecule has 0 aromatic carbocycles. The number of hydrogen-bond acceptors (Lipinski definition) is 5. The number of H-pyrrole nitrogens is 1. The molecule has 0 spiro atoms. The van der Waals surface area contributed by atoms with Crippen molar-refractivity contribution in [2.24, 2.45) is 17.8 Å². The molecule has 2 aromatic rings. The fourth-order valence-corrected chi connectivity index (χ4v) is 4.55. The number of pyridine rings is 1. The van der Waals surface area contributed by atoms with Gasteiger partial charge in [0.25, 0.3) is 5.56 Å². The molecule has 3 aliphatic rings. The van der Waals surface area contributed by atoms with Gasteiger partial charge < -0.3 is 20.4 Å². The molecule has 2 atom stereocenters. The highest BCUT2D eigenvalue weighted by molar-refractivity contribution is 5.96. The van der Waals surface area contributed by atoms with E-state index in [1.54, 1.807) is 0 Å². The van der Waals surface area contributed by atoms with Crippen molar-refractivity contribution in [3.8, 4) is 0 Å². The van der Waals surface area contributed by atoms with Crippen molar-refractivity contribution in [1.29, 1.82) is 0 Å². The van der Waals surface area contributed by atoms with Crippen LogP contribution in [0.5, 0.6) is 0 Å². The van der Waals surface area contributed by atoms with E-state index in [1.807, 2.05) is 0 Å². The molecule has 2 heterocycles. The minimum Gasteiger partial charge on any atom is -0.446 e. The zero-order valence-electron chi connectivity index (χ0n) is 18.7. The van der Waals surface area contributed by atoms with E-state index in [2.05, 4.69) is 20.7 Å². The number of carbonyl (C=O) groups excluding carboxylic acids is 2. The van der Waals surface area contributed by atoms with Gasteiger partial charge in [-0.1, -0.05) is 0 Å². The second kappa shape index (κ2) is 8.84. The Bertz CT molecular complexity index is 1140. The Morgan fingerprint density at radius 1 is 1.18 bits per heavy atom. The van der Waals surface area contributed by atoms with Crippen LogP contribution in [0.1, 0.15) is 57.1 Å². The molecule has 0 bridgehead atoms. The Hall–Kier alpha value is -3.24. The summed E-state index contributed by atoms with van der Waals surface area (Å²) in [6.45, 7) is 1.50. The van der Waals surface area contributed by atoms with Gasteiger partial charge in [0.2, 0.25) is 11.9 Å². The zero-order chi connectivity index (χ0) is 24.0. The lowest BCUT2D eigenvalue weighted by Crippen LogP contribution is -2.50. The molecular formula is C23H27F2N5O4. The maximum Gasteiger partial charge on any atom is 0.408 e. The lowest BCUT2D eigenvalue weighted by molar-refractivity contribution is -0.119. The van der Waals surface area contributed by atoms with E-state index in [-0.39, 0.29) is 23.3 Å². The van der Waals surface area contributed by atoms with Gasteiger partial charge in [-0.3, -0.25) is 9.59 Å². The average Bonchev–Trinajstić information content (AvgIpc) is 3.65. The first kappa shape index (κ1) is 22.5. The normalized spacial score (nSPS) is 19.5. The van der Waals surface area contributed by atoms with Gasteiger partial charge in [-0.05, 0) is 69.3 Å². The summed E-state index contributed by atoms with van der Waals surface area (Å²) >= 11 is 0. The standard InChI is InChI=1S/C23H27F2N5O4/c1-11(16-8-14(24)9-26-21(16)31)30-20(25)17(10-27-30)28-22(32)19(29-23(33)34-15-6-7-15)18(12-2-3-12)13-4-5-13/h8-13,15,18-19H,2-7H2,1H3,(H,26,31)(H,28,32)(H,29,33)/t11-,19-/m0/s1. The van der Waals surface area contributed by atoms with Crippen molar-refractivity contribution in [3.63, 3.8) is 0 Å². The number of aromatic nitrogens is 3. The van der Waals surface area contributed by atoms with Crippen LogP contribution in [0.4, 0.5) is 19.3 Å². The molecule has 3 aliphatic carbocycles. The summed E-state index contributed by atoms with van der Waals surface area (Å²) in [6.07, 6.45) is 6.93. The van der Waals surface area contributed by atoms with Crippen LogP contribution in [-0.4, -0.2) is 38.9 Å². The molecule has 9 nitrogen and oxygen atoms in total. The molecule has 0 aliphatic heterocycles. The highest BCUT2D eigenvalue weighted by Crippen LogP contribution is 2.51. The Kier molecular flexibility index (Phi) is 5.86. The number of ether oxygens (including phenoxy) is 1. The maximum absolute atomic E-state index is 15.2. The quantitative estimate of drug-likeness (QED) is 0.515. The van der Waals surface area contributed by atoms with Gasteiger partial charge in [0.1, 0.15) is 23.7 Å². The molecule has 34 heavy (non-hydrogen) atoms. The summed E-state index contributed by atoms with van der Waals surface area (Å²) in [5.74, 6) is -1.42. The molecule has 3 fully saturated rings. The third kappa shape index (κ3) is 4.83. The monoisotopic (exact) mass is 475 g/mol. The first-order chi connectivity index (χ1) is 16.3. The summed E-state index contributed by atoms with van der Waals surface area (Å²) in [6, 6.07) is -0.750. The molecule has 3 saturated carbocycles. The van der Waals surface area contributed by atoms with E-state index in [1.165, 1.54) is 6.92 Å². The fourth-order valence-electron chi connectivity index (χ4n) is 4.55. The summed E-state index contributed by atoms with van der Waals surface area (Å²) < 4.78 is 35.0. The Labute approximate surface area is 194 Å². The third-order valence-corrected chi connectivity index (χ3v) is 6.78. The van der Waals surface area contributed by atoms with Gasteiger partial charge in [0.05, 0.1) is 12.2 Å². The van der Waals surface area contributed by atoms with E-state index in [9.17, 15) is 18.8 Å². The number of hydrogen-bond donors (Lipinski definition) is 3. The van der Waals surface area contributed by atoms with Crippen molar-refractivity contribution in [1.82, 2.24) is 20.1 Å². The van der Waals surface area contributed by atoms with Crippen LogP contribution in [-0.2, 0) is 9.53 Å². The van der Waals surface area contributed by atoms with Crippen LogP contribution in [0.15, 0.2) is 23.3 Å². The van der Waals surface area contributed by atoms with Crippen molar-refractivity contribution < 1.29 is 23.1 Å². The minimum absolute atomic E-state index is 0.00947. The lowest BCUT2D eigenvalue weighted by atomic mass is 9.89. The predicted molar refractivity (Wildman–Crippen MR) is 117 cm³/mol. The number of aromatic amines is 1. The van der Waals surface area contributed by atoms with Crippen molar-refractivity contribution >= 4 is 17.7 Å². The number of alkyl carbamates (subject to hydrolysis) is 1. The number of nitrogens with zero attached hydrogens (tertiary/aromatic N) is 2. The van der Waals surface area contributed by atoms with E-state index in [4.69, 9.17) is 4.74 Å². The summed E-state index contributed by atoms with van der Waals surface area (Å²) in [7, 11) is 0. The number of halogens is 2. The topological polar surface area (TPSA) is 118 Å². The SMILES string of the molecule is C[C@@H](c1cc(F)c[nH]c1=O)n1ncc(NC(=O)[C@@H](NC(=O)OC2CC2)C(C2CC2)C2CC2)c1F. The van der Waals surface area contributed by atoms with Gasteiger partial charge in [-0.2, -0.15) is 9.49 Å². The third-order valence-electron chi connectivity index (χ3n) is 6.78. The molecule has 0 radical (unpaired) electrons. The molecule has 0 unspecified atom stereocenters. The van der Waals surface area contributed by atoms with E-state index in [0.717, 1.165) is 61.7 Å². The average molecular weight is 475 g/mol. The summed E-state index contributed by atoms with van der Waals surface area (Å²) in [5, 5.41) is 9.25. The van der Waals surface area contributed by atoms with E-state index >= 15 is 4.39 Å². The minimum atomic E-state index is -0.918. The second-order valence-electron chi connectivity index (χ2n) is 9.54. The molecule has 5 rings (SSSR count). The van der Waals surface area contributed by atoms with Gasteiger partial charge in [0, 0.05) is 11.8 Å². The van der Waals surface area contributed by atoms with E-state index < -0.39 is 41.4 Å². The smallest absolute Gasteiger partial charge is 0.408 e. The highest BCUT2D eigenvalue weighted by atomic mass is 19.1. The number of nitrogens with one attached hydrogen (secondary N) is 3. The lowest BCUT2D eigenvalue weighted by Gasteiger charge is -2.27. The predicted octanol–water partition coefficient (Wildman–Crippen LogP) is 3.09. The molecule has 182 valence electrons. The van der Waals surface area contributed by atoms with Gasteiger partial charge in [-0.25, -0.2) is 13.9 Å². The maximum atomic E-state index is 15.2. The van der Waals surface area contributed by atoms with Crippen molar-refractivity contribution in [2.45, 2.75) is 63.6 Å². The molecule has 2 aromatic heterocycles. The highest BCUT2D eigenvalue weighted by Gasteiger charge is 2.48. The largest absolute Gasteiger partial charge is 0.446 e. The van der Waals surface area contributed by atoms with Crippen LogP contribution >= 0.6 is 0 Å². The summed E-state index contributed by atoms with van der Waals surface area (Å²) in [5.41, 5.74) is -0.758. The molecule has 0 saturated heterocycles.